The van der Waals surface area contributed by atoms with E-state index in [9.17, 15) is 0 Å². The van der Waals surface area contributed by atoms with Gasteiger partial charge in [0, 0.05) is 43.5 Å². The minimum absolute atomic E-state index is 0.297. The van der Waals surface area contributed by atoms with Crippen molar-refractivity contribution in [2.45, 2.75) is 76.0 Å². The summed E-state index contributed by atoms with van der Waals surface area (Å²) >= 11 is 0. The predicted molar refractivity (Wildman–Crippen MR) is 144 cm³/mol. The Hall–Kier alpha value is -2.36. The van der Waals surface area contributed by atoms with Gasteiger partial charge in [0.05, 0.1) is 6.04 Å². The lowest BCUT2D eigenvalue weighted by atomic mass is 9.93. The molecule has 0 amide bonds. The first kappa shape index (κ1) is 23.4. The molecule has 1 N–H and O–H groups in total. The summed E-state index contributed by atoms with van der Waals surface area (Å²) in [5, 5.41) is 3.68. The maximum atomic E-state index is 4.36. The molecule has 1 aliphatic carbocycles. The monoisotopic (exact) mass is 455 g/mol. The van der Waals surface area contributed by atoms with E-state index in [4.69, 9.17) is 0 Å². The summed E-state index contributed by atoms with van der Waals surface area (Å²) in [7, 11) is 0. The number of hydrogen-bond donors (Lipinski definition) is 1. The van der Waals surface area contributed by atoms with Gasteiger partial charge < -0.3 is 5.32 Å². The Morgan fingerprint density at radius 3 is 2.50 bits per heavy atom. The second-order valence-corrected chi connectivity index (χ2v) is 10.7. The van der Waals surface area contributed by atoms with Gasteiger partial charge in [-0.25, -0.2) is 0 Å². The van der Waals surface area contributed by atoms with E-state index in [2.05, 4.69) is 89.8 Å². The van der Waals surface area contributed by atoms with Gasteiger partial charge in [-0.05, 0) is 55.7 Å². The molecule has 2 aliphatic heterocycles. The molecule has 5 rings (SSSR count). The molecule has 180 valence electrons. The standard InChI is InChI=1S/C31H41N3/c1-4-19-33-20-18-29-16-17-30(22-33)34(29)31(27-9-7-8-23(2)21-27)26-14-12-25(13-15-26)24(3)32-28-10-5-6-11-28/h4,7-9,12-15,21,28-32H,1,3,5-6,10-11,16-20,22H2,2H3. The van der Waals surface area contributed by atoms with Gasteiger partial charge in [0.1, 0.15) is 0 Å². The fraction of sp³-hybridized carbons (Fsp3) is 0.484. The summed E-state index contributed by atoms with van der Waals surface area (Å²) in [5.74, 6) is 0. The van der Waals surface area contributed by atoms with Crippen LogP contribution in [-0.4, -0.2) is 47.6 Å². The number of hydrogen-bond acceptors (Lipinski definition) is 3. The van der Waals surface area contributed by atoms with Crippen molar-refractivity contribution < 1.29 is 0 Å². The van der Waals surface area contributed by atoms with Crippen LogP contribution in [0.2, 0.25) is 0 Å². The zero-order chi connectivity index (χ0) is 23.5. The molecule has 3 nitrogen and oxygen atoms in total. The van der Waals surface area contributed by atoms with Gasteiger partial charge >= 0.3 is 0 Å². The Morgan fingerprint density at radius 2 is 1.76 bits per heavy atom. The second-order valence-electron chi connectivity index (χ2n) is 10.7. The number of rotatable bonds is 8. The summed E-state index contributed by atoms with van der Waals surface area (Å²) in [6.45, 7) is 13.9. The third kappa shape index (κ3) is 5.01. The van der Waals surface area contributed by atoms with E-state index in [0.717, 1.165) is 18.8 Å². The molecule has 0 radical (unpaired) electrons. The van der Waals surface area contributed by atoms with Gasteiger partial charge in [0.2, 0.25) is 0 Å². The first-order valence-corrected chi connectivity index (χ1v) is 13.4. The Kier molecular flexibility index (Phi) is 7.22. The summed E-state index contributed by atoms with van der Waals surface area (Å²) in [6, 6.07) is 20.6. The van der Waals surface area contributed by atoms with Crippen molar-refractivity contribution in [1.82, 2.24) is 15.1 Å². The molecule has 3 aliphatic rings. The van der Waals surface area contributed by atoms with Crippen LogP contribution in [-0.2, 0) is 0 Å². The number of nitrogens with zero attached hydrogens (tertiary/aromatic N) is 2. The third-order valence-electron chi connectivity index (χ3n) is 8.28. The second kappa shape index (κ2) is 10.5. The topological polar surface area (TPSA) is 18.5 Å². The summed E-state index contributed by atoms with van der Waals surface area (Å²) < 4.78 is 0. The largest absolute Gasteiger partial charge is 0.382 e. The SMILES string of the molecule is C=CCN1CCC2CCC(C1)N2C(c1ccc(C(=C)NC2CCCC2)cc1)c1cccc(C)c1. The van der Waals surface area contributed by atoms with E-state index in [-0.39, 0.29) is 0 Å². The van der Waals surface area contributed by atoms with E-state index in [1.54, 1.807) is 0 Å². The molecule has 2 bridgehead atoms. The summed E-state index contributed by atoms with van der Waals surface area (Å²) in [5.41, 5.74) is 6.45. The van der Waals surface area contributed by atoms with Gasteiger partial charge in [-0.2, -0.15) is 0 Å². The molecule has 2 heterocycles. The van der Waals surface area contributed by atoms with Crippen molar-refractivity contribution in [3.63, 3.8) is 0 Å². The molecule has 0 spiro atoms. The van der Waals surface area contributed by atoms with Gasteiger partial charge in [-0.15, -0.1) is 6.58 Å². The number of fused-ring (bicyclic) bond motifs is 2. The van der Waals surface area contributed by atoms with Crippen molar-refractivity contribution in [3.05, 3.63) is 90.0 Å². The molecule has 1 saturated carbocycles. The highest BCUT2D eigenvalue weighted by Crippen LogP contribution is 2.41. The van der Waals surface area contributed by atoms with Crippen LogP contribution in [0.15, 0.2) is 67.8 Å². The maximum Gasteiger partial charge on any atom is 0.0607 e. The lowest BCUT2D eigenvalue weighted by molar-refractivity contribution is 0.150. The van der Waals surface area contributed by atoms with Crippen LogP contribution in [0.4, 0.5) is 0 Å². The van der Waals surface area contributed by atoms with Crippen LogP contribution < -0.4 is 5.32 Å². The van der Waals surface area contributed by atoms with Crippen molar-refractivity contribution in [2.24, 2.45) is 0 Å². The van der Waals surface area contributed by atoms with E-state index in [1.165, 1.54) is 73.7 Å². The minimum Gasteiger partial charge on any atom is -0.382 e. The zero-order valence-corrected chi connectivity index (χ0v) is 20.9. The molecule has 3 unspecified atom stereocenters. The highest BCUT2D eigenvalue weighted by molar-refractivity contribution is 5.62. The van der Waals surface area contributed by atoms with E-state index >= 15 is 0 Å². The third-order valence-corrected chi connectivity index (χ3v) is 8.28. The Bertz CT molecular complexity index is 988. The number of benzene rings is 2. The first-order chi connectivity index (χ1) is 16.6. The predicted octanol–water partition coefficient (Wildman–Crippen LogP) is 6.31. The summed E-state index contributed by atoms with van der Waals surface area (Å²) in [4.78, 5) is 5.46. The fourth-order valence-corrected chi connectivity index (χ4v) is 6.59. The molecule has 3 fully saturated rings. The molecule has 0 aromatic heterocycles. The number of nitrogens with one attached hydrogen (secondary N) is 1. The minimum atomic E-state index is 0.297. The number of likely N-dealkylation sites (tertiary alicyclic amines) is 1. The highest BCUT2D eigenvalue weighted by Gasteiger charge is 2.41. The molecular weight excluding hydrogens is 414 g/mol. The average Bonchev–Trinajstić information content (AvgIpc) is 3.44. The van der Waals surface area contributed by atoms with Crippen molar-refractivity contribution >= 4 is 5.70 Å². The van der Waals surface area contributed by atoms with Crippen molar-refractivity contribution in [1.29, 1.82) is 0 Å². The average molecular weight is 456 g/mol. The van der Waals surface area contributed by atoms with E-state index in [1.807, 2.05) is 0 Å². The molecule has 3 heteroatoms. The van der Waals surface area contributed by atoms with Crippen molar-refractivity contribution in [3.8, 4) is 0 Å². The highest BCUT2D eigenvalue weighted by atomic mass is 15.3. The Balaban J connectivity index is 1.44. The van der Waals surface area contributed by atoms with Crippen LogP contribution >= 0.6 is 0 Å². The van der Waals surface area contributed by atoms with Gasteiger partial charge in [-0.1, -0.05) is 79.6 Å². The van der Waals surface area contributed by atoms with Crippen molar-refractivity contribution in [2.75, 3.05) is 19.6 Å². The summed E-state index contributed by atoms with van der Waals surface area (Å²) in [6.07, 6.45) is 11.1. The van der Waals surface area contributed by atoms with Crippen LogP contribution in [0.5, 0.6) is 0 Å². The van der Waals surface area contributed by atoms with Gasteiger partial charge in [0.15, 0.2) is 0 Å². The van der Waals surface area contributed by atoms with Crippen LogP contribution in [0, 0.1) is 6.92 Å². The Morgan fingerprint density at radius 1 is 1.00 bits per heavy atom. The normalized spacial score (nSPS) is 24.6. The lowest BCUT2D eigenvalue weighted by Crippen LogP contribution is -2.42. The first-order valence-electron chi connectivity index (χ1n) is 13.4. The molecule has 2 saturated heterocycles. The molecular formula is C31H41N3. The van der Waals surface area contributed by atoms with Gasteiger partial charge in [-0.3, -0.25) is 9.80 Å². The lowest BCUT2D eigenvalue weighted by Gasteiger charge is -2.37. The zero-order valence-electron chi connectivity index (χ0n) is 20.9. The molecule has 3 atom stereocenters. The number of aryl methyl sites for hydroxylation is 1. The molecule has 34 heavy (non-hydrogen) atoms. The van der Waals surface area contributed by atoms with Crippen LogP contribution in [0.3, 0.4) is 0 Å². The van der Waals surface area contributed by atoms with E-state index < -0.39 is 0 Å². The Labute approximate surface area is 206 Å². The van der Waals surface area contributed by atoms with Crippen LogP contribution in [0.25, 0.3) is 5.70 Å². The van der Waals surface area contributed by atoms with Crippen LogP contribution in [0.1, 0.15) is 73.2 Å². The molecule has 2 aromatic rings. The fourth-order valence-electron chi connectivity index (χ4n) is 6.59. The molecule has 2 aromatic carbocycles. The quantitative estimate of drug-likeness (QED) is 0.471. The maximum absolute atomic E-state index is 4.36. The smallest absolute Gasteiger partial charge is 0.0607 e. The van der Waals surface area contributed by atoms with E-state index in [0.29, 0.717) is 24.2 Å². The van der Waals surface area contributed by atoms with Gasteiger partial charge in [0.25, 0.3) is 0 Å².